The number of hydrogen-bond donors (Lipinski definition) is 2. The van der Waals surface area contributed by atoms with Crippen molar-refractivity contribution in [1.29, 1.82) is 0 Å². The molecule has 1 amide bonds. The third kappa shape index (κ3) is 4.79. The van der Waals surface area contributed by atoms with Gasteiger partial charge in [0.15, 0.2) is 0 Å². The van der Waals surface area contributed by atoms with Crippen molar-refractivity contribution in [3.05, 3.63) is 29.8 Å². The molecule has 0 saturated heterocycles. The quantitative estimate of drug-likeness (QED) is 0.738. The second kappa shape index (κ2) is 6.12. The van der Waals surface area contributed by atoms with Gasteiger partial charge in [-0.15, -0.1) is 0 Å². The summed E-state index contributed by atoms with van der Waals surface area (Å²) in [5.74, 6) is -0.106. The van der Waals surface area contributed by atoms with Gasteiger partial charge in [-0.3, -0.25) is 4.79 Å². The van der Waals surface area contributed by atoms with Crippen molar-refractivity contribution in [2.24, 2.45) is 0 Å². The fraction of sp³-hybridized carbons (Fsp3) is 0.417. The molecule has 1 aromatic carbocycles. The van der Waals surface area contributed by atoms with Crippen LogP contribution in [0.15, 0.2) is 24.3 Å². The normalized spacial score (nSPS) is 10.4. The van der Waals surface area contributed by atoms with E-state index in [1.54, 1.807) is 0 Å². The molecular weight excluding hydrogens is 204 g/mol. The molecule has 4 nitrogen and oxygen atoms in total. The monoisotopic (exact) mass is 222 g/mol. The van der Waals surface area contributed by atoms with Gasteiger partial charge in [0.05, 0.1) is 6.10 Å². The molecule has 1 rings (SSSR count). The van der Waals surface area contributed by atoms with E-state index < -0.39 is 0 Å². The fourth-order valence-corrected chi connectivity index (χ4v) is 1.13. The Hall–Kier alpha value is -1.55. The van der Waals surface area contributed by atoms with Gasteiger partial charge in [0, 0.05) is 12.2 Å². The molecule has 1 aromatic rings. The number of rotatable bonds is 5. The van der Waals surface area contributed by atoms with E-state index >= 15 is 0 Å². The second-order valence-electron chi connectivity index (χ2n) is 3.88. The van der Waals surface area contributed by atoms with Crippen LogP contribution < -0.4 is 11.1 Å². The van der Waals surface area contributed by atoms with Gasteiger partial charge in [-0.2, -0.15) is 0 Å². The highest BCUT2D eigenvalue weighted by Crippen LogP contribution is 2.04. The molecule has 3 N–H and O–H groups in total. The molecule has 0 aromatic heterocycles. The number of hydrogen-bond acceptors (Lipinski definition) is 3. The largest absolute Gasteiger partial charge is 0.399 e. The SMILES string of the molecule is CC(C)OCC(=O)NCc1ccc(N)cc1. The molecule has 16 heavy (non-hydrogen) atoms. The maximum atomic E-state index is 11.3. The molecule has 0 aliphatic carbocycles. The van der Waals surface area contributed by atoms with Gasteiger partial charge < -0.3 is 15.8 Å². The summed E-state index contributed by atoms with van der Waals surface area (Å²) in [6.07, 6.45) is 0.0715. The first kappa shape index (κ1) is 12.5. The van der Waals surface area contributed by atoms with E-state index in [0.29, 0.717) is 6.54 Å². The highest BCUT2D eigenvalue weighted by atomic mass is 16.5. The van der Waals surface area contributed by atoms with Crippen molar-refractivity contribution < 1.29 is 9.53 Å². The Bertz CT molecular complexity index is 333. The minimum atomic E-state index is -0.106. The molecule has 0 saturated carbocycles. The summed E-state index contributed by atoms with van der Waals surface area (Å²) < 4.78 is 5.18. The summed E-state index contributed by atoms with van der Waals surface area (Å²) in [4.78, 5) is 11.3. The summed E-state index contributed by atoms with van der Waals surface area (Å²) in [6, 6.07) is 7.40. The number of ether oxygens (including phenoxy) is 1. The summed E-state index contributed by atoms with van der Waals surface area (Å²) in [7, 11) is 0. The average Bonchev–Trinajstić information content (AvgIpc) is 2.25. The number of amides is 1. The standard InChI is InChI=1S/C12H18N2O2/c1-9(2)16-8-12(15)14-7-10-3-5-11(13)6-4-10/h3-6,9H,7-8,13H2,1-2H3,(H,14,15). The first-order chi connectivity index (χ1) is 7.58. The average molecular weight is 222 g/mol. The molecule has 0 heterocycles. The smallest absolute Gasteiger partial charge is 0.246 e. The summed E-state index contributed by atoms with van der Waals surface area (Å²) >= 11 is 0. The van der Waals surface area contributed by atoms with Gasteiger partial charge >= 0.3 is 0 Å². The van der Waals surface area contributed by atoms with E-state index in [9.17, 15) is 4.79 Å². The molecule has 0 bridgehead atoms. The van der Waals surface area contributed by atoms with Crippen LogP contribution in [-0.4, -0.2) is 18.6 Å². The molecule has 88 valence electrons. The van der Waals surface area contributed by atoms with Gasteiger partial charge in [0.2, 0.25) is 5.91 Å². The van der Waals surface area contributed by atoms with Gasteiger partial charge in [0.25, 0.3) is 0 Å². The lowest BCUT2D eigenvalue weighted by molar-refractivity contribution is -0.127. The van der Waals surface area contributed by atoms with Gasteiger partial charge in [-0.1, -0.05) is 12.1 Å². The Balaban J connectivity index is 2.29. The second-order valence-corrected chi connectivity index (χ2v) is 3.88. The Kier molecular flexibility index (Phi) is 4.79. The summed E-state index contributed by atoms with van der Waals surface area (Å²) in [5, 5.41) is 2.77. The van der Waals surface area contributed by atoms with Crippen LogP contribution in [0, 0.1) is 0 Å². The molecule has 0 radical (unpaired) electrons. The Morgan fingerprint density at radius 1 is 1.38 bits per heavy atom. The Labute approximate surface area is 95.8 Å². The first-order valence-corrected chi connectivity index (χ1v) is 5.30. The predicted octanol–water partition coefficient (Wildman–Crippen LogP) is 1.31. The zero-order chi connectivity index (χ0) is 12.0. The number of carbonyl (C=O) groups is 1. The summed E-state index contributed by atoms with van der Waals surface area (Å²) in [6.45, 7) is 4.40. The maximum absolute atomic E-state index is 11.3. The van der Waals surface area contributed by atoms with Crippen molar-refractivity contribution >= 4 is 11.6 Å². The zero-order valence-electron chi connectivity index (χ0n) is 9.69. The predicted molar refractivity (Wildman–Crippen MR) is 63.8 cm³/mol. The van der Waals surface area contributed by atoms with Crippen molar-refractivity contribution in [3.63, 3.8) is 0 Å². The lowest BCUT2D eigenvalue weighted by Gasteiger charge is -2.08. The van der Waals surface area contributed by atoms with Gasteiger partial charge in [-0.25, -0.2) is 0 Å². The lowest BCUT2D eigenvalue weighted by atomic mass is 10.2. The van der Waals surface area contributed by atoms with Crippen molar-refractivity contribution in [3.8, 4) is 0 Å². The molecule has 0 unspecified atom stereocenters. The van der Waals surface area contributed by atoms with E-state index in [2.05, 4.69) is 5.32 Å². The number of carbonyl (C=O) groups excluding carboxylic acids is 1. The van der Waals surface area contributed by atoms with Crippen molar-refractivity contribution in [2.75, 3.05) is 12.3 Å². The number of nitrogen functional groups attached to an aromatic ring is 1. The van der Waals surface area contributed by atoms with Crippen LogP contribution in [0.1, 0.15) is 19.4 Å². The van der Waals surface area contributed by atoms with Crippen LogP contribution in [-0.2, 0) is 16.1 Å². The topological polar surface area (TPSA) is 64.3 Å². The third-order valence-electron chi connectivity index (χ3n) is 2.02. The molecule has 0 atom stereocenters. The number of nitrogens with two attached hydrogens (primary N) is 1. The lowest BCUT2D eigenvalue weighted by Crippen LogP contribution is -2.28. The van der Waals surface area contributed by atoms with Crippen LogP contribution in [0.25, 0.3) is 0 Å². The van der Waals surface area contributed by atoms with Crippen LogP contribution >= 0.6 is 0 Å². The molecule has 0 aliphatic rings. The molecule has 4 heteroatoms. The maximum Gasteiger partial charge on any atom is 0.246 e. The van der Waals surface area contributed by atoms with Gasteiger partial charge in [-0.05, 0) is 31.5 Å². The highest BCUT2D eigenvalue weighted by Gasteiger charge is 2.02. The van der Waals surface area contributed by atoms with Crippen LogP contribution in [0.5, 0.6) is 0 Å². The Morgan fingerprint density at radius 3 is 2.56 bits per heavy atom. The fourth-order valence-electron chi connectivity index (χ4n) is 1.13. The number of nitrogens with one attached hydrogen (secondary N) is 1. The number of benzene rings is 1. The van der Waals surface area contributed by atoms with E-state index in [1.165, 1.54) is 0 Å². The van der Waals surface area contributed by atoms with Crippen LogP contribution in [0.2, 0.25) is 0 Å². The van der Waals surface area contributed by atoms with E-state index in [0.717, 1.165) is 11.3 Å². The van der Waals surface area contributed by atoms with Crippen molar-refractivity contribution in [2.45, 2.75) is 26.5 Å². The molecule has 0 fully saturated rings. The van der Waals surface area contributed by atoms with Gasteiger partial charge in [0.1, 0.15) is 6.61 Å². The third-order valence-corrected chi connectivity index (χ3v) is 2.02. The molecular formula is C12H18N2O2. The number of anilines is 1. The zero-order valence-corrected chi connectivity index (χ0v) is 9.69. The first-order valence-electron chi connectivity index (χ1n) is 5.30. The molecule has 0 aliphatic heterocycles. The van der Waals surface area contributed by atoms with Crippen LogP contribution in [0.3, 0.4) is 0 Å². The highest BCUT2D eigenvalue weighted by molar-refractivity contribution is 5.77. The minimum absolute atomic E-state index is 0.0715. The minimum Gasteiger partial charge on any atom is -0.399 e. The van der Waals surface area contributed by atoms with E-state index in [-0.39, 0.29) is 18.6 Å². The van der Waals surface area contributed by atoms with E-state index in [4.69, 9.17) is 10.5 Å². The van der Waals surface area contributed by atoms with Crippen molar-refractivity contribution in [1.82, 2.24) is 5.32 Å². The van der Waals surface area contributed by atoms with Crippen LogP contribution in [0.4, 0.5) is 5.69 Å². The summed E-state index contributed by atoms with van der Waals surface area (Å²) in [5.41, 5.74) is 7.30. The molecule has 0 spiro atoms. The Morgan fingerprint density at radius 2 is 2.00 bits per heavy atom. The van der Waals surface area contributed by atoms with E-state index in [1.807, 2.05) is 38.1 Å².